The normalized spacial score (nSPS) is 17.3. The standard InChI is InChI=1S/C23H31ClN4O3/c1-2-3-4-5-20-26-19(16-6-8-18(24)9-7-16)14-21(29)28(20)15-22(30)27-12-10-17(11-13-27)23(25)31/h6,8,14,17H,2-5,7,9-13,15H2,1H3,(H2,25,31). The molecule has 3 rings (SSSR count). The van der Waals surface area contributed by atoms with Gasteiger partial charge in [-0.2, -0.15) is 0 Å². The average molecular weight is 447 g/mol. The molecule has 168 valence electrons. The average Bonchev–Trinajstić information content (AvgIpc) is 2.76. The zero-order chi connectivity index (χ0) is 22.4. The molecule has 0 bridgehead atoms. The van der Waals surface area contributed by atoms with Crippen LogP contribution in [0.3, 0.4) is 0 Å². The number of nitrogens with zero attached hydrogens (tertiary/aromatic N) is 3. The van der Waals surface area contributed by atoms with E-state index in [0.29, 0.717) is 43.9 Å². The second-order valence-electron chi connectivity index (χ2n) is 8.30. The van der Waals surface area contributed by atoms with Crippen LogP contribution in [0.15, 0.2) is 28.0 Å². The Morgan fingerprint density at radius 2 is 1.94 bits per heavy atom. The Balaban J connectivity index is 1.80. The number of amides is 2. The van der Waals surface area contributed by atoms with E-state index in [2.05, 4.69) is 6.92 Å². The van der Waals surface area contributed by atoms with Crippen molar-refractivity contribution in [3.8, 4) is 0 Å². The quantitative estimate of drug-likeness (QED) is 0.620. The summed E-state index contributed by atoms with van der Waals surface area (Å²) in [6.45, 7) is 3.06. The summed E-state index contributed by atoms with van der Waals surface area (Å²) in [4.78, 5) is 43.7. The van der Waals surface area contributed by atoms with Crippen LogP contribution < -0.4 is 11.3 Å². The lowest BCUT2D eigenvalue weighted by Crippen LogP contribution is -2.44. The fourth-order valence-corrected chi connectivity index (χ4v) is 4.24. The number of hydrogen-bond acceptors (Lipinski definition) is 4. The van der Waals surface area contributed by atoms with Gasteiger partial charge in [-0.1, -0.05) is 37.4 Å². The van der Waals surface area contributed by atoms with Crippen LogP contribution in [0.5, 0.6) is 0 Å². The lowest BCUT2D eigenvalue weighted by atomic mass is 9.96. The predicted octanol–water partition coefficient (Wildman–Crippen LogP) is 3.00. The van der Waals surface area contributed by atoms with E-state index >= 15 is 0 Å². The van der Waals surface area contributed by atoms with E-state index in [1.165, 1.54) is 10.6 Å². The molecule has 1 fully saturated rings. The lowest BCUT2D eigenvalue weighted by molar-refractivity contribution is -0.135. The van der Waals surface area contributed by atoms with Crippen LogP contribution in [0.2, 0.25) is 0 Å². The van der Waals surface area contributed by atoms with E-state index in [-0.39, 0.29) is 29.8 Å². The van der Waals surface area contributed by atoms with Crippen LogP contribution in [0.25, 0.3) is 5.57 Å². The van der Waals surface area contributed by atoms with E-state index < -0.39 is 0 Å². The Labute approximate surface area is 188 Å². The third-order valence-corrected chi connectivity index (χ3v) is 6.38. The fraction of sp³-hybridized carbons (Fsp3) is 0.565. The maximum absolute atomic E-state index is 13.0. The van der Waals surface area contributed by atoms with Crippen molar-refractivity contribution >= 4 is 29.0 Å². The molecular formula is C23H31ClN4O3. The van der Waals surface area contributed by atoms with Gasteiger partial charge < -0.3 is 10.6 Å². The molecule has 31 heavy (non-hydrogen) atoms. The molecule has 2 N–H and O–H groups in total. The number of carbonyl (C=O) groups is 2. The number of unbranched alkanes of at least 4 members (excludes halogenated alkanes) is 2. The van der Waals surface area contributed by atoms with E-state index in [1.807, 2.05) is 12.2 Å². The number of aryl methyl sites for hydroxylation is 1. The predicted molar refractivity (Wildman–Crippen MR) is 121 cm³/mol. The summed E-state index contributed by atoms with van der Waals surface area (Å²) in [5.41, 5.74) is 6.83. The third-order valence-electron chi connectivity index (χ3n) is 6.06. The van der Waals surface area contributed by atoms with Crippen molar-refractivity contribution < 1.29 is 9.59 Å². The highest BCUT2D eigenvalue weighted by Crippen LogP contribution is 2.27. The molecule has 1 aliphatic carbocycles. The van der Waals surface area contributed by atoms with Crippen molar-refractivity contribution in [1.82, 2.24) is 14.5 Å². The van der Waals surface area contributed by atoms with Crippen LogP contribution in [0.1, 0.15) is 63.4 Å². The maximum atomic E-state index is 13.0. The summed E-state index contributed by atoms with van der Waals surface area (Å²) in [6.07, 6.45) is 10.1. The van der Waals surface area contributed by atoms with Gasteiger partial charge in [0, 0.05) is 36.5 Å². The number of hydrogen-bond donors (Lipinski definition) is 1. The molecule has 1 aromatic heterocycles. The van der Waals surface area contributed by atoms with Gasteiger partial charge in [0.1, 0.15) is 12.4 Å². The molecule has 1 aliphatic heterocycles. The molecule has 0 unspecified atom stereocenters. The van der Waals surface area contributed by atoms with Gasteiger partial charge in [0.2, 0.25) is 11.8 Å². The first-order valence-corrected chi connectivity index (χ1v) is 11.5. The minimum atomic E-state index is -0.311. The molecule has 1 aromatic rings. The maximum Gasteiger partial charge on any atom is 0.254 e. The summed E-state index contributed by atoms with van der Waals surface area (Å²) in [6, 6.07) is 1.52. The zero-order valence-electron chi connectivity index (χ0n) is 18.1. The minimum absolute atomic E-state index is 0.0282. The summed E-state index contributed by atoms with van der Waals surface area (Å²) in [5, 5.41) is 0.797. The first kappa shape index (κ1) is 23.3. The Morgan fingerprint density at radius 1 is 1.19 bits per heavy atom. The molecule has 7 nitrogen and oxygen atoms in total. The number of carbonyl (C=O) groups excluding carboxylic acids is 2. The number of primary amides is 1. The summed E-state index contributed by atoms with van der Waals surface area (Å²) in [5.74, 6) is 0.0406. The second-order valence-corrected chi connectivity index (χ2v) is 8.79. The summed E-state index contributed by atoms with van der Waals surface area (Å²) in [7, 11) is 0. The van der Waals surface area contributed by atoms with Gasteiger partial charge in [0.15, 0.2) is 0 Å². The molecule has 2 amide bonds. The Morgan fingerprint density at radius 3 is 2.55 bits per heavy atom. The number of rotatable bonds is 8. The van der Waals surface area contributed by atoms with Gasteiger partial charge in [-0.3, -0.25) is 19.0 Å². The van der Waals surface area contributed by atoms with Gasteiger partial charge in [0.05, 0.1) is 5.69 Å². The molecule has 2 heterocycles. The molecule has 0 atom stereocenters. The third kappa shape index (κ3) is 6.06. The van der Waals surface area contributed by atoms with E-state index in [9.17, 15) is 14.4 Å². The van der Waals surface area contributed by atoms with Crippen molar-refractivity contribution in [2.24, 2.45) is 11.7 Å². The molecule has 0 radical (unpaired) electrons. The highest BCUT2D eigenvalue weighted by Gasteiger charge is 2.26. The molecule has 0 spiro atoms. The number of likely N-dealkylation sites (tertiary alicyclic amines) is 1. The summed E-state index contributed by atoms with van der Waals surface area (Å²) >= 11 is 6.06. The first-order chi connectivity index (χ1) is 14.9. The van der Waals surface area contributed by atoms with Crippen LogP contribution in [-0.2, 0) is 22.6 Å². The fourth-order valence-electron chi connectivity index (χ4n) is 4.09. The first-order valence-electron chi connectivity index (χ1n) is 11.1. The Kier molecular flexibility index (Phi) is 8.07. The van der Waals surface area contributed by atoms with Crippen molar-refractivity contribution in [1.29, 1.82) is 0 Å². The Hall–Kier alpha value is -2.41. The van der Waals surface area contributed by atoms with Crippen LogP contribution in [0, 0.1) is 5.92 Å². The monoisotopic (exact) mass is 446 g/mol. The molecule has 1 saturated heterocycles. The largest absolute Gasteiger partial charge is 0.369 e. The molecule has 0 aromatic carbocycles. The van der Waals surface area contributed by atoms with Crippen LogP contribution in [0.4, 0.5) is 0 Å². The van der Waals surface area contributed by atoms with E-state index in [1.54, 1.807) is 4.90 Å². The van der Waals surface area contributed by atoms with E-state index in [4.69, 9.17) is 22.3 Å². The minimum Gasteiger partial charge on any atom is -0.369 e. The lowest BCUT2D eigenvalue weighted by Gasteiger charge is -2.31. The topological polar surface area (TPSA) is 98.3 Å². The number of aromatic nitrogens is 2. The van der Waals surface area contributed by atoms with Gasteiger partial charge in [-0.05, 0) is 43.8 Å². The molecule has 0 saturated carbocycles. The van der Waals surface area contributed by atoms with Gasteiger partial charge in [-0.15, -0.1) is 0 Å². The SMILES string of the molecule is CCCCCc1nc(C2=CC=C(Cl)CC2)cc(=O)n1CC(=O)N1CCC(C(N)=O)CC1. The van der Waals surface area contributed by atoms with E-state index in [0.717, 1.165) is 42.7 Å². The van der Waals surface area contributed by atoms with Crippen LogP contribution in [-0.4, -0.2) is 39.4 Å². The number of halogens is 1. The van der Waals surface area contributed by atoms with Gasteiger partial charge >= 0.3 is 0 Å². The van der Waals surface area contributed by atoms with Crippen molar-refractivity contribution in [2.45, 2.75) is 64.8 Å². The Bertz CT molecular complexity index is 943. The van der Waals surface area contributed by atoms with Crippen molar-refractivity contribution in [3.63, 3.8) is 0 Å². The molecular weight excluding hydrogens is 416 g/mol. The number of allylic oxidation sites excluding steroid dienone is 4. The highest BCUT2D eigenvalue weighted by molar-refractivity contribution is 6.29. The zero-order valence-corrected chi connectivity index (χ0v) is 18.9. The summed E-state index contributed by atoms with van der Waals surface area (Å²) < 4.78 is 1.51. The van der Waals surface area contributed by atoms with Crippen molar-refractivity contribution in [3.05, 3.63) is 45.1 Å². The number of nitrogens with two attached hydrogens (primary N) is 1. The molecule has 2 aliphatic rings. The second kappa shape index (κ2) is 10.8. The molecule has 8 heteroatoms. The smallest absolute Gasteiger partial charge is 0.254 e. The van der Waals surface area contributed by atoms with Gasteiger partial charge in [0.25, 0.3) is 5.56 Å². The highest BCUT2D eigenvalue weighted by atomic mass is 35.5. The van der Waals surface area contributed by atoms with Crippen molar-refractivity contribution in [2.75, 3.05) is 13.1 Å². The van der Waals surface area contributed by atoms with Gasteiger partial charge in [-0.25, -0.2) is 4.98 Å². The van der Waals surface area contributed by atoms with Crippen LogP contribution >= 0.6 is 11.6 Å². The number of piperidine rings is 1.